The van der Waals surface area contributed by atoms with Crippen LogP contribution in [0.2, 0.25) is 0 Å². The Hall–Kier alpha value is -2.93. The van der Waals surface area contributed by atoms with Crippen LogP contribution in [0.25, 0.3) is 5.69 Å². The number of aliphatic imine (C=N–C) groups is 1. The first-order valence-corrected chi connectivity index (χ1v) is 11.9. The molecule has 2 N–H and O–H groups in total. The Kier molecular flexibility index (Phi) is 7.50. The summed E-state index contributed by atoms with van der Waals surface area (Å²) >= 11 is 2.04. The Morgan fingerprint density at radius 3 is 2.35 bits per heavy atom. The fourth-order valence-corrected chi connectivity index (χ4v) is 4.52. The van der Waals surface area contributed by atoms with Gasteiger partial charge in [0.1, 0.15) is 0 Å². The molecule has 6 nitrogen and oxygen atoms in total. The van der Waals surface area contributed by atoms with E-state index >= 15 is 0 Å². The number of anilines is 1. The summed E-state index contributed by atoms with van der Waals surface area (Å²) in [6.45, 7) is 3.87. The fraction of sp³-hybridized carbons (Fsp3) is 0.333. The number of nitrogens with zero attached hydrogens (tertiary/aromatic N) is 4. The highest BCUT2D eigenvalue weighted by molar-refractivity contribution is 7.99. The van der Waals surface area contributed by atoms with Crippen molar-refractivity contribution in [2.24, 2.45) is 4.99 Å². The molecule has 0 saturated carbocycles. The summed E-state index contributed by atoms with van der Waals surface area (Å²) in [5.74, 6) is 3.27. The van der Waals surface area contributed by atoms with Crippen molar-refractivity contribution in [3.8, 4) is 5.69 Å². The van der Waals surface area contributed by atoms with Gasteiger partial charge in [0.25, 0.3) is 0 Å². The molecule has 1 saturated heterocycles. The van der Waals surface area contributed by atoms with E-state index in [0.29, 0.717) is 0 Å². The zero-order valence-electron chi connectivity index (χ0n) is 18.0. The minimum absolute atomic E-state index is 0.758. The Morgan fingerprint density at radius 1 is 0.968 bits per heavy atom. The molecule has 0 amide bonds. The Labute approximate surface area is 188 Å². The number of thioether (sulfide) groups is 1. The lowest BCUT2D eigenvalue weighted by atomic mass is 10.1. The molecule has 0 unspecified atom stereocenters. The first-order chi connectivity index (χ1) is 15.3. The molecule has 1 aliphatic rings. The molecule has 2 aromatic carbocycles. The van der Waals surface area contributed by atoms with E-state index in [0.717, 1.165) is 44.2 Å². The maximum atomic E-state index is 4.35. The second-order valence-corrected chi connectivity index (χ2v) is 8.71. The molecule has 31 heavy (non-hydrogen) atoms. The van der Waals surface area contributed by atoms with Gasteiger partial charge in [-0.1, -0.05) is 24.3 Å². The summed E-state index contributed by atoms with van der Waals surface area (Å²) in [6, 6.07) is 19.3. The molecule has 2 heterocycles. The van der Waals surface area contributed by atoms with Crippen LogP contribution in [0.3, 0.4) is 0 Å². The highest BCUT2D eigenvalue weighted by Crippen LogP contribution is 2.19. The molecule has 1 aromatic heterocycles. The number of guanidine groups is 1. The second kappa shape index (κ2) is 10.9. The van der Waals surface area contributed by atoms with Crippen molar-refractivity contribution in [1.29, 1.82) is 0 Å². The smallest absolute Gasteiger partial charge is 0.191 e. The third-order valence-corrected chi connectivity index (χ3v) is 6.35. The summed E-state index contributed by atoms with van der Waals surface area (Å²) in [4.78, 5) is 6.81. The van der Waals surface area contributed by atoms with Gasteiger partial charge in [-0.2, -0.15) is 16.9 Å². The van der Waals surface area contributed by atoms with Gasteiger partial charge in [-0.3, -0.25) is 4.99 Å². The Morgan fingerprint density at radius 2 is 1.68 bits per heavy atom. The molecule has 0 spiro atoms. The Bertz CT molecular complexity index is 945. The lowest BCUT2D eigenvalue weighted by Gasteiger charge is -2.28. The van der Waals surface area contributed by atoms with Gasteiger partial charge in [-0.15, -0.1) is 0 Å². The van der Waals surface area contributed by atoms with E-state index in [1.165, 1.54) is 28.3 Å². The van der Waals surface area contributed by atoms with Gasteiger partial charge in [0.05, 0.1) is 5.69 Å². The number of hydrogen-bond acceptors (Lipinski definition) is 4. The van der Waals surface area contributed by atoms with Crippen molar-refractivity contribution < 1.29 is 0 Å². The van der Waals surface area contributed by atoms with Crippen molar-refractivity contribution in [2.45, 2.75) is 13.0 Å². The normalized spacial score (nSPS) is 14.5. The monoisotopic (exact) mass is 434 g/mol. The molecule has 0 radical (unpaired) electrons. The fourth-order valence-electron chi connectivity index (χ4n) is 3.61. The van der Waals surface area contributed by atoms with Crippen LogP contribution in [-0.2, 0) is 13.0 Å². The van der Waals surface area contributed by atoms with Gasteiger partial charge in [0.15, 0.2) is 5.96 Å². The average Bonchev–Trinajstić information content (AvgIpc) is 3.38. The zero-order valence-corrected chi connectivity index (χ0v) is 18.8. The van der Waals surface area contributed by atoms with Crippen LogP contribution < -0.4 is 15.5 Å². The molecule has 1 fully saturated rings. The average molecular weight is 435 g/mol. The minimum Gasteiger partial charge on any atom is -0.370 e. The quantitative estimate of drug-likeness (QED) is 0.441. The molecule has 7 heteroatoms. The SMILES string of the molecule is CN=C(NCCc1ccc(-n2cccn2)cc1)NCc1ccc(N2CCSCC2)cc1. The largest absolute Gasteiger partial charge is 0.370 e. The maximum absolute atomic E-state index is 4.35. The van der Waals surface area contributed by atoms with Crippen molar-refractivity contribution >= 4 is 23.4 Å². The topological polar surface area (TPSA) is 57.5 Å². The van der Waals surface area contributed by atoms with E-state index in [1.54, 1.807) is 6.20 Å². The summed E-state index contributed by atoms with van der Waals surface area (Å²) in [6.07, 6.45) is 4.67. The summed E-state index contributed by atoms with van der Waals surface area (Å²) in [7, 11) is 1.81. The van der Waals surface area contributed by atoms with Crippen molar-refractivity contribution in [1.82, 2.24) is 20.4 Å². The molecule has 0 atom stereocenters. The highest BCUT2D eigenvalue weighted by atomic mass is 32.2. The summed E-state index contributed by atoms with van der Waals surface area (Å²) in [5, 5.41) is 11.1. The van der Waals surface area contributed by atoms with Crippen LogP contribution in [0.5, 0.6) is 0 Å². The molecule has 162 valence electrons. The standard InChI is InChI=1S/C24H30N6S/c1-25-24(26-13-11-20-3-9-23(10-4-20)30-14-2-12-28-30)27-19-21-5-7-22(8-6-21)29-15-17-31-18-16-29/h2-10,12,14H,11,13,15-19H2,1H3,(H2,25,26,27). The van der Waals surface area contributed by atoms with Crippen LogP contribution in [0.15, 0.2) is 72.0 Å². The van der Waals surface area contributed by atoms with E-state index in [4.69, 9.17) is 0 Å². The third kappa shape index (κ3) is 6.04. The van der Waals surface area contributed by atoms with Crippen molar-refractivity contribution in [3.63, 3.8) is 0 Å². The van der Waals surface area contributed by atoms with Crippen molar-refractivity contribution in [2.75, 3.05) is 43.1 Å². The van der Waals surface area contributed by atoms with Gasteiger partial charge in [-0.05, 0) is 47.9 Å². The van der Waals surface area contributed by atoms with Crippen LogP contribution >= 0.6 is 11.8 Å². The lowest BCUT2D eigenvalue weighted by molar-refractivity contribution is 0.793. The summed E-state index contributed by atoms with van der Waals surface area (Å²) in [5.41, 5.74) is 4.94. The number of benzene rings is 2. The Balaban J connectivity index is 1.21. The second-order valence-electron chi connectivity index (χ2n) is 7.49. The van der Waals surface area contributed by atoms with Gasteiger partial charge < -0.3 is 15.5 Å². The molecular formula is C24H30N6S. The first kappa shape index (κ1) is 21.3. The van der Waals surface area contributed by atoms with Gasteiger partial charge in [0, 0.05) is 62.8 Å². The van der Waals surface area contributed by atoms with Crippen molar-refractivity contribution in [3.05, 3.63) is 78.1 Å². The highest BCUT2D eigenvalue weighted by Gasteiger charge is 2.10. The molecule has 1 aliphatic heterocycles. The number of rotatable bonds is 7. The zero-order chi connectivity index (χ0) is 21.3. The predicted octanol–water partition coefficient (Wildman–Crippen LogP) is 3.33. The van der Waals surface area contributed by atoms with E-state index in [2.05, 4.69) is 74.2 Å². The number of nitrogens with one attached hydrogen (secondary N) is 2. The molecule has 3 aromatic rings. The molecule has 0 aliphatic carbocycles. The predicted molar refractivity (Wildman–Crippen MR) is 131 cm³/mol. The number of aromatic nitrogens is 2. The van der Waals surface area contributed by atoms with Crippen LogP contribution in [-0.4, -0.2) is 53.9 Å². The van der Waals surface area contributed by atoms with Crippen LogP contribution in [0, 0.1) is 0 Å². The maximum Gasteiger partial charge on any atom is 0.191 e. The van der Waals surface area contributed by atoms with E-state index in [-0.39, 0.29) is 0 Å². The minimum atomic E-state index is 0.758. The third-order valence-electron chi connectivity index (χ3n) is 5.41. The van der Waals surface area contributed by atoms with Crippen LogP contribution in [0.4, 0.5) is 5.69 Å². The van der Waals surface area contributed by atoms with Gasteiger partial charge in [0.2, 0.25) is 0 Å². The van der Waals surface area contributed by atoms with Gasteiger partial charge >= 0.3 is 0 Å². The van der Waals surface area contributed by atoms with E-state index < -0.39 is 0 Å². The van der Waals surface area contributed by atoms with E-state index in [1.807, 2.05) is 35.8 Å². The van der Waals surface area contributed by atoms with Crippen LogP contribution in [0.1, 0.15) is 11.1 Å². The van der Waals surface area contributed by atoms with Gasteiger partial charge in [-0.25, -0.2) is 4.68 Å². The lowest BCUT2D eigenvalue weighted by Crippen LogP contribution is -2.37. The first-order valence-electron chi connectivity index (χ1n) is 10.8. The summed E-state index contributed by atoms with van der Waals surface area (Å²) < 4.78 is 1.87. The molecule has 0 bridgehead atoms. The number of hydrogen-bond donors (Lipinski definition) is 2. The van der Waals surface area contributed by atoms with E-state index in [9.17, 15) is 0 Å². The molecular weight excluding hydrogens is 404 g/mol. The molecule has 4 rings (SSSR count).